The third-order valence-corrected chi connectivity index (χ3v) is 5.72. The number of rotatable bonds is 5. The lowest BCUT2D eigenvalue weighted by Crippen LogP contribution is -2.42. The van der Waals surface area contributed by atoms with Crippen LogP contribution in [0.25, 0.3) is 0 Å². The fraction of sp³-hybridized carbons (Fsp3) is 0.364. The molecule has 2 aromatic carbocycles. The average molecular weight is 444 g/mol. The van der Waals surface area contributed by atoms with Gasteiger partial charge in [-0.05, 0) is 48.2 Å². The Morgan fingerprint density at radius 3 is 2.33 bits per heavy atom. The molecule has 1 saturated heterocycles. The highest BCUT2D eigenvalue weighted by atomic mass is 35.5. The SMILES string of the molecule is OC(C=CCN1CCC(O)(c2ccc(Cl)c(C(F)(F)F)c2)CC1)c1ccc(F)cc1. The summed E-state index contributed by atoms with van der Waals surface area (Å²) in [6.07, 6.45) is -1.51. The number of nitrogens with zero attached hydrogens (tertiary/aromatic N) is 1. The van der Waals surface area contributed by atoms with E-state index >= 15 is 0 Å². The Bertz CT molecular complexity index is 891. The van der Waals surface area contributed by atoms with Crippen LogP contribution in [-0.4, -0.2) is 34.7 Å². The van der Waals surface area contributed by atoms with E-state index in [0.717, 1.165) is 6.07 Å². The predicted molar refractivity (Wildman–Crippen MR) is 107 cm³/mol. The molecule has 0 aromatic heterocycles. The molecule has 0 radical (unpaired) electrons. The zero-order valence-electron chi connectivity index (χ0n) is 16.0. The summed E-state index contributed by atoms with van der Waals surface area (Å²) in [6.45, 7) is 1.48. The molecule has 8 heteroatoms. The molecular weight excluding hydrogens is 422 g/mol. The minimum Gasteiger partial charge on any atom is -0.385 e. The predicted octanol–water partition coefficient (Wildman–Crippen LogP) is 5.07. The van der Waals surface area contributed by atoms with Gasteiger partial charge in [-0.3, -0.25) is 4.90 Å². The second kappa shape index (κ2) is 9.06. The third kappa shape index (κ3) is 5.40. The summed E-state index contributed by atoms with van der Waals surface area (Å²) in [7, 11) is 0. The molecule has 1 fully saturated rings. The van der Waals surface area contributed by atoms with Crippen LogP contribution in [0.5, 0.6) is 0 Å². The standard InChI is InChI=1S/C22H22ClF4NO2/c23-19-8-5-16(14-18(19)22(25,26)27)21(30)9-12-28(13-10-21)11-1-2-20(29)15-3-6-17(24)7-4-15/h1-8,14,20,29-30H,9-13H2. The summed E-state index contributed by atoms with van der Waals surface area (Å²) in [5, 5.41) is 20.6. The van der Waals surface area contributed by atoms with E-state index in [-0.39, 0.29) is 24.2 Å². The second-order valence-corrected chi connectivity index (χ2v) is 7.86. The maximum Gasteiger partial charge on any atom is 0.417 e. The van der Waals surface area contributed by atoms with Gasteiger partial charge in [-0.1, -0.05) is 42.0 Å². The van der Waals surface area contributed by atoms with Gasteiger partial charge in [0.15, 0.2) is 0 Å². The molecule has 3 nitrogen and oxygen atoms in total. The highest BCUT2D eigenvalue weighted by Gasteiger charge is 2.38. The van der Waals surface area contributed by atoms with E-state index in [1.165, 1.54) is 36.4 Å². The summed E-state index contributed by atoms with van der Waals surface area (Å²) >= 11 is 5.67. The number of hydrogen-bond acceptors (Lipinski definition) is 3. The van der Waals surface area contributed by atoms with Crippen LogP contribution in [0, 0.1) is 5.82 Å². The summed E-state index contributed by atoms with van der Waals surface area (Å²) in [4.78, 5) is 2.03. The molecule has 2 aromatic rings. The van der Waals surface area contributed by atoms with Crippen LogP contribution < -0.4 is 0 Å². The number of benzene rings is 2. The topological polar surface area (TPSA) is 43.7 Å². The Hall–Kier alpha value is -1.93. The highest BCUT2D eigenvalue weighted by molar-refractivity contribution is 6.31. The van der Waals surface area contributed by atoms with Crippen LogP contribution in [0.3, 0.4) is 0 Å². The van der Waals surface area contributed by atoms with Gasteiger partial charge in [-0.2, -0.15) is 13.2 Å². The Morgan fingerprint density at radius 2 is 1.73 bits per heavy atom. The molecule has 2 N–H and O–H groups in total. The van der Waals surface area contributed by atoms with Crippen molar-refractivity contribution < 1.29 is 27.8 Å². The monoisotopic (exact) mass is 443 g/mol. The van der Waals surface area contributed by atoms with Crippen molar-refractivity contribution in [1.82, 2.24) is 4.90 Å². The first-order valence-corrected chi connectivity index (χ1v) is 9.88. The van der Waals surface area contributed by atoms with E-state index in [1.54, 1.807) is 12.2 Å². The number of alkyl halides is 3. The molecule has 1 unspecified atom stereocenters. The number of hydrogen-bond donors (Lipinski definition) is 2. The molecule has 0 aliphatic carbocycles. The smallest absolute Gasteiger partial charge is 0.385 e. The van der Waals surface area contributed by atoms with E-state index < -0.39 is 28.5 Å². The van der Waals surface area contributed by atoms with Gasteiger partial charge in [-0.15, -0.1) is 0 Å². The molecule has 30 heavy (non-hydrogen) atoms. The molecule has 1 atom stereocenters. The normalized spacial score (nSPS) is 18.6. The van der Waals surface area contributed by atoms with Crippen LogP contribution in [0.4, 0.5) is 17.6 Å². The molecular formula is C22H22ClF4NO2. The fourth-order valence-corrected chi connectivity index (χ4v) is 3.76. The summed E-state index contributed by atoms with van der Waals surface area (Å²) in [6, 6.07) is 9.10. The number of likely N-dealkylation sites (tertiary alicyclic amines) is 1. The van der Waals surface area contributed by atoms with E-state index in [1.807, 2.05) is 4.90 Å². The average Bonchev–Trinajstić information content (AvgIpc) is 2.69. The molecule has 0 saturated carbocycles. The van der Waals surface area contributed by atoms with Crippen LogP contribution in [0.1, 0.15) is 35.6 Å². The molecule has 0 spiro atoms. The molecule has 3 rings (SSSR count). The Balaban J connectivity index is 1.58. The third-order valence-electron chi connectivity index (χ3n) is 5.39. The van der Waals surface area contributed by atoms with E-state index in [2.05, 4.69) is 0 Å². The van der Waals surface area contributed by atoms with E-state index in [0.29, 0.717) is 25.2 Å². The van der Waals surface area contributed by atoms with Gasteiger partial charge in [-0.25, -0.2) is 4.39 Å². The molecule has 1 heterocycles. The van der Waals surface area contributed by atoms with Crippen molar-refractivity contribution in [2.24, 2.45) is 0 Å². The van der Waals surface area contributed by atoms with Gasteiger partial charge < -0.3 is 10.2 Å². The first kappa shape index (κ1) is 22.7. The van der Waals surface area contributed by atoms with Gasteiger partial charge in [0.05, 0.1) is 22.3 Å². The van der Waals surface area contributed by atoms with E-state index in [4.69, 9.17) is 11.6 Å². The zero-order chi connectivity index (χ0) is 21.9. The maximum atomic E-state index is 13.1. The largest absolute Gasteiger partial charge is 0.417 e. The lowest BCUT2D eigenvalue weighted by Gasteiger charge is -2.38. The molecule has 162 valence electrons. The molecule has 1 aliphatic heterocycles. The summed E-state index contributed by atoms with van der Waals surface area (Å²) in [5.74, 6) is -0.376. The lowest BCUT2D eigenvalue weighted by atomic mass is 9.83. The van der Waals surface area contributed by atoms with Gasteiger partial charge in [0.2, 0.25) is 0 Å². The Kier molecular flexibility index (Phi) is 6.87. The van der Waals surface area contributed by atoms with Crippen LogP contribution in [0.2, 0.25) is 5.02 Å². The van der Waals surface area contributed by atoms with Crippen LogP contribution >= 0.6 is 11.6 Å². The van der Waals surface area contributed by atoms with Crippen LogP contribution in [0.15, 0.2) is 54.6 Å². The number of aliphatic hydroxyl groups excluding tert-OH is 1. The summed E-state index contributed by atoms with van der Waals surface area (Å²) in [5.41, 5.74) is -1.52. The van der Waals surface area contributed by atoms with Crippen molar-refractivity contribution in [3.63, 3.8) is 0 Å². The minimum absolute atomic E-state index is 0.209. The maximum absolute atomic E-state index is 13.1. The quantitative estimate of drug-likeness (QED) is 0.501. The highest BCUT2D eigenvalue weighted by Crippen LogP contribution is 2.39. The fourth-order valence-electron chi connectivity index (χ4n) is 3.54. The first-order valence-electron chi connectivity index (χ1n) is 9.51. The molecule has 1 aliphatic rings. The zero-order valence-corrected chi connectivity index (χ0v) is 16.8. The van der Waals surface area contributed by atoms with Gasteiger partial charge in [0.25, 0.3) is 0 Å². The number of halogens is 5. The van der Waals surface area contributed by atoms with Crippen molar-refractivity contribution in [1.29, 1.82) is 0 Å². The van der Waals surface area contributed by atoms with Gasteiger partial charge >= 0.3 is 6.18 Å². The van der Waals surface area contributed by atoms with E-state index in [9.17, 15) is 27.8 Å². The van der Waals surface area contributed by atoms with Crippen molar-refractivity contribution in [2.45, 2.75) is 30.7 Å². The van der Waals surface area contributed by atoms with Crippen molar-refractivity contribution in [3.8, 4) is 0 Å². The Labute approximate surface area is 177 Å². The number of piperidine rings is 1. The molecule has 0 amide bonds. The first-order chi connectivity index (χ1) is 14.1. The lowest BCUT2D eigenvalue weighted by molar-refractivity contribution is -0.137. The molecule has 0 bridgehead atoms. The van der Waals surface area contributed by atoms with Crippen LogP contribution in [-0.2, 0) is 11.8 Å². The Morgan fingerprint density at radius 1 is 1.10 bits per heavy atom. The minimum atomic E-state index is -4.58. The second-order valence-electron chi connectivity index (χ2n) is 7.45. The summed E-state index contributed by atoms with van der Waals surface area (Å²) < 4.78 is 52.3. The van der Waals surface area contributed by atoms with Crippen molar-refractivity contribution in [3.05, 3.63) is 82.1 Å². The van der Waals surface area contributed by atoms with Crippen molar-refractivity contribution >= 4 is 11.6 Å². The van der Waals surface area contributed by atoms with Gasteiger partial charge in [0, 0.05) is 19.6 Å². The van der Waals surface area contributed by atoms with Crippen molar-refractivity contribution in [2.75, 3.05) is 19.6 Å². The van der Waals surface area contributed by atoms with Gasteiger partial charge in [0.1, 0.15) is 5.82 Å². The number of aliphatic hydroxyl groups is 2.